The molecule has 21 heavy (non-hydrogen) atoms. The Bertz CT molecular complexity index is 785. The summed E-state index contributed by atoms with van der Waals surface area (Å²) in [5.41, 5.74) is -0.294. The largest absolute Gasteiger partial charge is 0.352 e. The summed E-state index contributed by atoms with van der Waals surface area (Å²) >= 11 is 0. The normalized spacial score (nSPS) is 15.4. The van der Waals surface area contributed by atoms with E-state index in [4.69, 9.17) is 0 Å². The van der Waals surface area contributed by atoms with Crippen molar-refractivity contribution < 1.29 is 4.79 Å². The van der Waals surface area contributed by atoms with Gasteiger partial charge in [0.1, 0.15) is 6.54 Å². The van der Waals surface area contributed by atoms with Crippen LogP contribution in [0.3, 0.4) is 0 Å². The van der Waals surface area contributed by atoms with E-state index in [0.29, 0.717) is 11.0 Å². The molecule has 0 saturated heterocycles. The van der Waals surface area contributed by atoms with E-state index in [9.17, 15) is 14.4 Å². The van der Waals surface area contributed by atoms with Crippen LogP contribution in [0.5, 0.6) is 0 Å². The molecular weight excluding hydrogens is 270 g/mol. The van der Waals surface area contributed by atoms with Gasteiger partial charge in [-0.05, 0) is 25.0 Å². The Balaban J connectivity index is 1.92. The lowest BCUT2D eigenvalue weighted by atomic mass is 10.2. The first-order valence-corrected chi connectivity index (χ1v) is 7.16. The average molecular weight is 287 g/mol. The first kappa shape index (κ1) is 13.6. The van der Waals surface area contributed by atoms with Gasteiger partial charge in [-0.2, -0.15) is 0 Å². The summed E-state index contributed by atoms with van der Waals surface area (Å²) in [4.78, 5) is 38.3. The number of carbonyl (C=O) groups excluding carboxylic acids is 1. The molecule has 1 fully saturated rings. The molecule has 2 aromatic rings. The van der Waals surface area contributed by atoms with Gasteiger partial charge in [-0.25, -0.2) is 0 Å². The predicted molar refractivity (Wildman–Crippen MR) is 79.2 cm³/mol. The molecule has 1 aromatic carbocycles. The molecule has 0 atom stereocenters. The molecule has 1 aliphatic rings. The zero-order chi connectivity index (χ0) is 14.8. The van der Waals surface area contributed by atoms with Crippen molar-refractivity contribution >= 4 is 16.9 Å². The summed E-state index contributed by atoms with van der Waals surface area (Å²) < 4.78 is 1.23. The van der Waals surface area contributed by atoms with E-state index in [2.05, 4.69) is 10.3 Å². The third-order valence-electron chi connectivity index (χ3n) is 3.90. The molecule has 6 nitrogen and oxygen atoms in total. The highest BCUT2D eigenvalue weighted by atomic mass is 16.2. The van der Waals surface area contributed by atoms with Gasteiger partial charge in [0.05, 0.1) is 11.0 Å². The van der Waals surface area contributed by atoms with Gasteiger partial charge in [-0.3, -0.25) is 19.0 Å². The van der Waals surface area contributed by atoms with Crippen LogP contribution in [-0.2, 0) is 11.3 Å². The lowest BCUT2D eigenvalue weighted by Gasteiger charge is -2.13. The maximum atomic E-state index is 12.1. The van der Waals surface area contributed by atoms with Crippen molar-refractivity contribution in [2.75, 3.05) is 0 Å². The van der Waals surface area contributed by atoms with Gasteiger partial charge < -0.3 is 10.3 Å². The fraction of sp³-hybridized carbons (Fsp3) is 0.400. The van der Waals surface area contributed by atoms with Gasteiger partial charge in [0.15, 0.2) is 0 Å². The number of hydrogen-bond acceptors (Lipinski definition) is 3. The van der Waals surface area contributed by atoms with Crippen molar-refractivity contribution in [2.45, 2.75) is 38.3 Å². The van der Waals surface area contributed by atoms with Crippen LogP contribution in [0.2, 0.25) is 0 Å². The molecule has 2 N–H and O–H groups in total. The number of aromatic nitrogens is 2. The van der Waals surface area contributed by atoms with E-state index < -0.39 is 11.1 Å². The fourth-order valence-corrected chi connectivity index (χ4v) is 2.87. The molecule has 3 rings (SSSR count). The lowest BCUT2D eigenvalue weighted by Crippen LogP contribution is -2.42. The number of hydrogen-bond donors (Lipinski definition) is 2. The quantitative estimate of drug-likeness (QED) is 0.817. The number of benzene rings is 1. The average Bonchev–Trinajstić information content (AvgIpc) is 2.96. The predicted octanol–water partition coefficient (Wildman–Crippen LogP) is 0.749. The molecule has 0 unspecified atom stereocenters. The highest BCUT2D eigenvalue weighted by molar-refractivity contribution is 5.80. The van der Waals surface area contributed by atoms with Gasteiger partial charge in [0.2, 0.25) is 5.91 Å². The van der Waals surface area contributed by atoms with Crippen molar-refractivity contribution in [3.05, 3.63) is 45.0 Å². The summed E-state index contributed by atoms with van der Waals surface area (Å²) in [6, 6.07) is 7.16. The molecule has 110 valence electrons. The zero-order valence-corrected chi connectivity index (χ0v) is 11.6. The molecule has 1 saturated carbocycles. The monoisotopic (exact) mass is 287 g/mol. The molecule has 1 aliphatic carbocycles. The molecule has 0 bridgehead atoms. The second-order valence-electron chi connectivity index (χ2n) is 5.41. The van der Waals surface area contributed by atoms with Crippen LogP contribution < -0.4 is 16.4 Å². The molecule has 1 heterocycles. The van der Waals surface area contributed by atoms with Crippen molar-refractivity contribution in [1.82, 2.24) is 14.9 Å². The molecule has 0 radical (unpaired) electrons. The fourth-order valence-electron chi connectivity index (χ4n) is 2.87. The highest BCUT2D eigenvalue weighted by Gasteiger charge is 2.18. The topological polar surface area (TPSA) is 84.0 Å². The first-order valence-electron chi connectivity index (χ1n) is 7.16. The summed E-state index contributed by atoms with van der Waals surface area (Å²) in [5.74, 6) is -0.222. The standard InChI is InChI=1S/C15H17N3O3/c19-13(16-10-5-1-2-6-10)9-18-12-8-4-3-7-11(12)17-14(20)15(18)21/h3-4,7-8,10H,1-2,5-6,9H2,(H,16,19)(H,17,20). The van der Waals surface area contributed by atoms with Crippen LogP contribution in [0, 0.1) is 0 Å². The van der Waals surface area contributed by atoms with E-state index in [1.54, 1.807) is 24.3 Å². The number of nitrogens with zero attached hydrogens (tertiary/aromatic N) is 1. The molecule has 1 aromatic heterocycles. The second kappa shape index (κ2) is 5.55. The van der Waals surface area contributed by atoms with Gasteiger partial charge >= 0.3 is 11.1 Å². The number of rotatable bonds is 3. The van der Waals surface area contributed by atoms with Crippen LogP contribution in [0.25, 0.3) is 11.0 Å². The number of amides is 1. The number of fused-ring (bicyclic) bond motifs is 1. The van der Waals surface area contributed by atoms with E-state index in [1.165, 1.54) is 4.57 Å². The molecule has 0 aliphatic heterocycles. The number of nitrogens with one attached hydrogen (secondary N) is 2. The van der Waals surface area contributed by atoms with Crippen LogP contribution in [-0.4, -0.2) is 21.5 Å². The smallest absolute Gasteiger partial charge is 0.317 e. The minimum Gasteiger partial charge on any atom is -0.352 e. The number of carbonyl (C=O) groups is 1. The third kappa shape index (κ3) is 2.74. The van der Waals surface area contributed by atoms with Crippen molar-refractivity contribution in [1.29, 1.82) is 0 Å². The van der Waals surface area contributed by atoms with Gasteiger partial charge in [-0.15, -0.1) is 0 Å². The maximum absolute atomic E-state index is 12.1. The zero-order valence-electron chi connectivity index (χ0n) is 11.6. The first-order chi connectivity index (χ1) is 10.1. The van der Waals surface area contributed by atoms with Crippen LogP contribution >= 0.6 is 0 Å². The van der Waals surface area contributed by atoms with Crippen LogP contribution in [0.4, 0.5) is 0 Å². The SMILES string of the molecule is O=C(Cn1c(=O)c(=O)[nH]c2ccccc21)NC1CCCC1. The number of para-hydroxylation sites is 2. The molecule has 6 heteroatoms. The van der Waals surface area contributed by atoms with E-state index >= 15 is 0 Å². The highest BCUT2D eigenvalue weighted by Crippen LogP contribution is 2.17. The van der Waals surface area contributed by atoms with Gasteiger partial charge in [-0.1, -0.05) is 25.0 Å². The Morgan fingerprint density at radius 3 is 2.71 bits per heavy atom. The molecule has 1 amide bonds. The Kier molecular flexibility index (Phi) is 3.60. The van der Waals surface area contributed by atoms with E-state index in [1.807, 2.05) is 0 Å². The van der Waals surface area contributed by atoms with Crippen molar-refractivity contribution in [3.63, 3.8) is 0 Å². The molecule has 0 spiro atoms. The third-order valence-corrected chi connectivity index (χ3v) is 3.90. The van der Waals surface area contributed by atoms with Crippen LogP contribution in [0.1, 0.15) is 25.7 Å². The van der Waals surface area contributed by atoms with Gasteiger partial charge in [0, 0.05) is 6.04 Å². The Hall–Kier alpha value is -2.37. The summed E-state index contributed by atoms with van der Waals surface area (Å²) in [5, 5.41) is 2.93. The second-order valence-corrected chi connectivity index (χ2v) is 5.41. The minimum atomic E-state index is -0.706. The van der Waals surface area contributed by atoms with Crippen molar-refractivity contribution in [2.24, 2.45) is 0 Å². The van der Waals surface area contributed by atoms with E-state index in [-0.39, 0.29) is 18.5 Å². The van der Waals surface area contributed by atoms with Crippen molar-refractivity contribution in [3.8, 4) is 0 Å². The molecular formula is C15H17N3O3. The number of H-pyrrole nitrogens is 1. The minimum absolute atomic E-state index is 0.125. The Morgan fingerprint density at radius 2 is 1.95 bits per heavy atom. The van der Waals surface area contributed by atoms with E-state index in [0.717, 1.165) is 25.7 Å². The van der Waals surface area contributed by atoms with Crippen LogP contribution in [0.15, 0.2) is 33.9 Å². The Morgan fingerprint density at radius 1 is 1.24 bits per heavy atom. The van der Waals surface area contributed by atoms with Gasteiger partial charge in [0.25, 0.3) is 0 Å². The summed E-state index contributed by atoms with van der Waals surface area (Å²) in [7, 11) is 0. The Labute approximate surface area is 120 Å². The lowest BCUT2D eigenvalue weighted by molar-refractivity contribution is -0.122. The summed E-state index contributed by atoms with van der Waals surface area (Å²) in [6.45, 7) is -0.125. The summed E-state index contributed by atoms with van der Waals surface area (Å²) in [6.07, 6.45) is 4.21. The maximum Gasteiger partial charge on any atom is 0.317 e. The number of aromatic amines is 1.